The van der Waals surface area contributed by atoms with Gasteiger partial charge >= 0.3 is 0 Å². The number of nitrogens with zero attached hydrogens (tertiary/aromatic N) is 3. The van der Waals surface area contributed by atoms with E-state index < -0.39 is 10.8 Å². The number of piperidine rings is 1. The van der Waals surface area contributed by atoms with Crippen LogP contribution in [0.5, 0.6) is 0 Å². The highest BCUT2D eigenvalue weighted by Gasteiger charge is 2.51. The fourth-order valence-electron chi connectivity index (χ4n) is 6.95. The lowest BCUT2D eigenvalue weighted by molar-refractivity contribution is -0.148. The van der Waals surface area contributed by atoms with Crippen molar-refractivity contribution in [2.45, 2.75) is 58.0 Å². The van der Waals surface area contributed by atoms with E-state index in [-0.39, 0.29) is 36.7 Å². The van der Waals surface area contributed by atoms with Crippen molar-refractivity contribution < 1.29 is 19.2 Å². The zero-order chi connectivity index (χ0) is 31.1. The lowest BCUT2D eigenvalue weighted by Crippen LogP contribution is -2.51. The minimum absolute atomic E-state index is 0.00214. The molecule has 44 heavy (non-hydrogen) atoms. The molecule has 0 unspecified atom stereocenters. The highest BCUT2D eigenvalue weighted by atomic mass is 16.2. The molecule has 228 valence electrons. The van der Waals surface area contributed by atoms with Crippen molar-refractivity contribution in [3.05, 3.63) is 88.6 Å². The molecule has 3 heterocycles. The third-order valence-electron chi connectivity index (χ3n) is 9.61. The van der Waals surface area contributed by atoms with Crippen LogP contribution in [0.1, 0.15) is 54.5 Å². The molecular weight excluding hydrogens is 556 g/mol. The number of anilines is 2. The lowest BCUT2D eigenvalue weighted by Gasteiger charge is -2.40. The van der Waals surface area contributed by atoms with Crippen LogP contribution in [0.2, 0.25) is 0 Å². The smallest absolute Gasteiger partial charge is 0.244 e. The van der Waals surface area contributed by atoms with Crippen molar-refractivity contribution in [1.82, 2.24) is 14.8 Å². The Kier molecular flexibility index (Phi) is 7.71. The average Bonchev–Trinajstić information content (AvgIpc) is 3.53. The first kappa shape index (κ1) is 29.5. The molecule has 1 aliphatic carbocycles. The summed E-state index contributed by atoms with van der Waals surface area (Å²) in [6, 6.07) is 17.2. The third kappa shape index (κ3) is 5.34. The van der Waals surface area contributed by atoms with Gasteiger partial charge in [-0.1, -0.05) is 43.3 Å². The summed E-state index contributed by atoms with van der Waals surface area (Å²) < 4.78 is 0. The lowest BCUT2D eigenvalue weighted by atomic mass is 9.78. The Morgan fingerprint density at radius 2 is 1.75 bits per heavy atom. The molecule has 2 aliphatic heterocycles. The van der Waals surface area contributed by atoms with E-state index in [1.54, 1.807) is 22.9 Å². The van der Waals surface area contributed by atoms with Gasteiger partial charge in [0.2, 0.25) is 23.6 Å². The first-order valence-electron chi connectivity index (χ1n) is 15.1. The van der Waals surface area contributed by atoms with Gasteiger partial charge in [-0.25, -0.2) is 4.98 Å². The second-order valence-corrected chi connectivity index (χ2v) is 12.5. The highest BCUT2D eigenvalue weighted by Crippen LogP contribution is 2.47. The summed E-state index contributed by atoms with van der Waals surface area (Å²) in [7, 11) is 0. The summed E-state index contributed by atoms with van der Waals surface area (Å²) in [4.78, 5) is 60.3. The van der Waals surface area contributed by atoms with E-state index in [0.29, 0.717) is 56.8 Å². The largest absolute Gasteiger partial charge is 0.343 e. The molecule has 1 atom stereocenters. The van der Waals surface area contributed by atoms with Crippen LogP contribution in [0, 0.1) is 5.41 Å². The highest BCUT2D eigenvalue weighted by molar-refractivity contribution is 6.06. The molecule has 6 rings (SSSR count). The number of benzene rings is 2. The number of likely N-dealkylation sites (tertiary alicyclic amines) is 1. The molecular formula is C34H38N6O4. The molecule has 1 aromatic heterocycles. The number of aromatic nitrogens is 1. The van der Waals surface area contributed by atoms with Crippen LogP contribution in [0.25, 0.3) is 0 Å². The maximum atomic E-state index is 14.1. The Morgan fingerprint density at radius 3 is 2.48 bits per heavy atom. The Morgan fingerprint density at radius 1 is 1.02 bits per heavy atom. The topological polar surface area (TPSA) is 138 Å². The third-order valence-corrected chi connectivity index (χ3v) is 9.61. The number of hydrogen-bond donors (Lipinski definition) is 3. The van der Waals surface area contributed by atoms with Crippen LogP contribution in [0.15, 0.2) is 60.8 Å². The number of rotatable bonds is 7. The second-order valence-electron chi connectivity index (χ2n) is 12.5. The Labute approximate surface area is 257 Å². The predicted octanol–water partition coefficient (Wildman–Crippen LogP) is 3.14. The Balaban J connectivity index is 1.20. The fraction of sp³-hybridized carbons (Fsp3) is 0.382. The molecule has 4 N–H and O–H groups in total. The minimum Gasteiger partial charge on any atom is -0.343 e. The molecule has 10 nitrogen and oxygen atoms in total. The van der Waals surface area contributed by atoms with Gasteiger partial charge in [0.1, 0.15) is 12.4 Å². The summed E-state index contributed by atoms with van der Waals surface area (Å²) >= 11 is 0. The normalized spacial score (nSPS) is 19.7. The van der Waals surface area contributed by atoms with Crippen LogP contribution in [0.4, 0.5) is 11.5 Å². The van der Waals surface area contributed by atoms with E-state index in [1.165, 1.54) is 0 Å². The Hall–Kier alpha value is -4.57. The summed E-state index contributed by atoms with van der Waals surface area (Å²) in [5.41, 5.74) is 10.0. The Bertz CT molecular complexity index is 1650. The van der Waals surface area contributed by atoms with E-state index in [0.717, 1.165) is 27.8 Å². The summed E-state index contributed by atoms with van der Waals surface area (Å²) in [6.07, 6.45) is 3.82. The van der Waals surface area contributed by atoms with Crippen LogP contribution in [-0.4, -0.2) is 58.0 Å². The minimum atomic E-state index is -0.696. The summed E-state index contributed by atoms with van der Waals surface area (Å²) in [5, 5.41) is 5.92. The van der Waals surface area contributed by atoms with Gasteiger partial charge in [-0.15, -0.1) is 0 Å². The molecule has 0 bridgehead atoms. The van der Waals surface area contributed by atoms with Gasteiger partial charge in [0, 0.05) is 56.0 Å². The second kappa shape index (κ2) is 11.5. The van der Waals surface area contributed by atoms with Gasteiger partial charge in [0.25, 0.3) is 0 Å². The van der Waals surface area contributed by atoms with E-state index in [1.807, 2.05) is 61.5 Å². The van der Waals surface area contributed by atoms with Crippen molar-refractivity contribution in [3.8, 4) is 0 Å². The van der Waals surface area contributed by atoms with Crippen LogP contribution < -0.4 is 16.4 Å². The first-order valence-corrected chi connectivity index (χ1v) is 15.1. The number of carbonyl (C=O) groups is 4. The molecule has 3 aromatic rings. The maximum absolute atomic E-state index is 14.1. The number of nitrogens with one attached hydrogen (secondary N) is 2. The molecule has 0 saturated carbocycles. The molecule has 4 amide bonds. The van der Waals surface area contributed by atoms with E-state index in [2.05, 4.69) is 15.6 Å². The number of carbonyl (C=O) groups excluding carboxylic acids is 4. The van der Waals surface area contributed by atoms with E-state index in [9.17, 15) is 19.2 Å². The fourth-order valence-corrected chi connectivity index (χ4v) is 6.95. The molecule has 0 radical (unpaired) electrons. The van der Waals surface area contributed by atoms with Gasteiger partial charge in [0.15, 0.2) is 0 Å². The van der Waals surface area contributed by atoms with E-state index in [4.69, 9.17) is 5.73 Å². The first-order chi connectivity index (χ1) is 21.1. The SMILES string of the molecule is CC(=O)N1CCC(C)(C(=O)N(CC(=O)Nc2ccc3c(c2)C[C@@]2(C3)C(=O)Nc3ncccc32)Cc2ccccc2CN)CC1. The zero-order valence-electron chi connectivity index (χ0n) is 25.2. The maximum Gasteiger partial charge on any atom is 0.244 e. The standard InChI is InChI=1S/C34H38N6O4/c1-22(41)39-14-11-33(2,12-15-39)32(44)40(20-25-7-4-3-6-24(25)19-35)21-29(42)37-27-10-9-23-17-34(18-26(23)16-27)28-8-5-13-36-30(28)38-31(34)43/h3-10,13,16H,11-12,14-15,17-21,35H2,1-2H3,(H,37,42)(H,36,38,43)/t34-/m1/s1. The van der Waals surface area contributed by atoms with Gasteiger partial charge in [-0.3, -0.25) is 19.2 Å². The van der Waals surface area contributed by atoms with Crippen LogP contribution in [0.3, 0.4) is 0 Å². The summed E-state index contributed by atoms with van der Waals surface area (Å²) in [5.74, 6) is 0.137. The molecule has 10 heteroatoms. The van der Waals surface area contributed by atoms with Crippen LogP contribution >= 0.6 is 0 Å². The zero-order valence-corrected chi connectivity index (χ0v) is 25.2. The quantitative estimate of drug-likeness (QED) is 0.384. The molecule has 1 spiro atoms. The van der Waals surface area contributed by atoms with Crippen molar-refractivity contribution in [2.75, 3.05) is 30.3 Å². The molecule has 1 saturated heterocycles. The van der Waals surface area contributed by atoms with Crippen molar-refractivity contribution in [1.29, 1.82) is 0 Å². The van der Waals surface area contributed by atoms with Crippen molar-refractivity contribution in [3.63, 3.8) is 0 Å². The van der Waals surface area contributed by atoms with Crippen molar-refractivity contribution >= 4 is 35.1 Å². The molecule has 3 aliphatic rings. The molecule has 2 aromatic carbocycles. The monoisotopic (exact) mass is 594 g/mol. The van der Waals surface area contributed by atoms with E-state index >= 15 is 0 Å². The number of hydrogen-bond acceptors (Lipinski definition) is 6. The number of nitrogens with two attached hydrogens (primary N) is 1. The number of fused-ring (bicyclic) bond motifs is 3. The van der Waals surface area contributed by atoms with Gasteiger partial charge in [-0.2, -0.15) is 0 Å². The van der Waals surface area contributed by atoms with Crippen LogP contribution in [-0.2, 0) is 50.5 Å². The number of pyridine rings is 1. The van der Waals surface area contributed by atoms with Gasteiger partial charge < -0.3 is 26.2 Å². The average molecular weight is 595 g/mol. The van der Waals surface area contributed by atoms with Gasteiger partial charge in [0.05, 0.1) is 5.41 Å². The van der Waals surface area contributed by atoms with Gasteiger partial charge in [-0.05, 0) is 66.1 Å². The summed E-state index contributed by atoms with van der Waals surface area (Å²) in [6.45, 7) is 4.92. The molecule has 1 fully saturated rings. The van der Waals surface area contributed by atoms with Crippen molar-refractivity contribution in [2.24, 2.45) is 11.1 Å². The predicted molar refractivity (Wildman–Crippen MR) is 166 cm³/mol. The number of amides is 4.